The highest BCUT2D eigenvalue weighted by Gasteiger charge is 2.27. The van der Waals surface area contributed by atoms with E-state index in [1.165, 1.54) is 17.1 Å². The minimum Gasteiger partial charge on any atom is -0.313 e. The van der Waals surface area contributed by atoms with E-state index in [9.17, 15) is 0 Å². The van der Waals surface area contributed by atoms with Crippen LogP contribution in [0.2, 0.25) is 5.02 Å². The van der Waals surface area contributed by atoms with Crippen molar-refractivity contribution in [2.75, 3.05) is 18.1 Å². The maximum atomic E-state index is 6.14. The van der Waals surface area contributed by atoms with Crippen molar-refractivity contribution in [2.24, 2.45) is 5.92 Å². The summed E-state index contributed by atoms with van der Waals surface area (Å²) in [5.74, 6) is 3.15. The van der Waals surface area contributed by atoms with E-state index in [1.807, 2.05) is 24.0 Å². The third-order valence-electron chi connectivity index (χ3n) is 3.00. The molecule has 0 radical (unpaired) electrons. The summed E-state index contributed by atoms with van der Waals surface area (Å²) in [5, 5.41) is 4.36. The maximum Gasteiger partial charge on any atom is 0.0621 e. The molecule has 2 heterocycles. The second-order valence-electron chi connectivity index (χ2n) is 4.13. The number of rotatable bonds is 4. The summed E-state index contributed by atoms with van der Waals surface area (Å²) in [7, 11) is 0. The van der Waals surface area contributed by atoms with Crippen LogP contribution in [0.25, 0.3) is 0 Å². The second kappa shape index (κ2) is 5.89. The van der Waals surface area contributed by atoms with Crippen molar-refractivity contribution in [1.82, 2.24) is 10.3 Å². The lowest BCUT2D eigenvalue weighted by molar-refractivity contribution is 0.434. The lowest BCUT2D eigenvalue weighted by Crippen LogP contribution is -2.36. The molecule has 0 bridgehead atoms. The fourth-order valence-electron chi connectivity index (χ4n) is 2.14. The third kappa shape index (κ3) is 2.90. The molecular formula is C12H17ClN2S. The molecule has 2 atom stereocenters. The van der Waals surface area contributed by atoms with E-state index >= 15 is 0 Å². The van der Waals surface area contributed by atoms with Gasteiger partial charge >= 0.3 is 0 Å². The highest BCUT2D eigenvalue weighted by Crippen LogP contribution is 2.29. The molecule has 2 rings (SSSR count). The van der Waals surface area contributed by atoms with E-state index < -0.39 is 0 Å². The first-order valence-electron chi connectivity index (χ1n) is 5.70. The molecule has 1 aliphatic rings. The Balaban J connectivity index is 2.01. The molecular weight excluding hydrogens is 240 g/mol. The summed E-state index contributed by atoms with van der Waals surface area (Å²) in [6.45, 7) is 3.21. The Morgan fingerprint density at radius 2 is 2.44 bits per heavy atom. The third-order valence-corrected chi connectivity index (χ3v) is 4.60. The zero-order valence-corrected chi connectivity index (χ0v) is 11.0. The fraction of sp³-hybridized carbons (Fsp3) is 0.583. The SMILES string of the molecule is CCNC1CSCC1Cc1ccncc1Cl. The predicted octanol–water partition coefficient (Wildman–Crippen LogP) is 2.62. The van der Waals surface area contributed by atoms with Crippen LogP contribution in [0, 0.1) is 5.92 Å². The van der Waals surface area contributed by atoms with Gasteiger partial charge in [-0.05, 0) is 36.3 Å². The van der Waals surface area contributed by atoms with Gasteiger partial charge in [0, 0.05) is 24.2 Å². The van der Waals surface area contributed by atoms with Gasteiger partial charge in [-0.1, -0.05) is 18.5 Å². The van der Waals surface area contributed by atoms with E-state index in [0.717, 1.165) is 18.0 Å². The van der Waals surface area contributed by atoms with Crippen molar-refractivity contribution in [1.29, 1.82) is 0 Å². The van der Waals surface area contributed by atoms with Gasteiger partial charge in [-0.2, -0.15) is 11.8 Å². The summed E-state index contributed by atoms with van der Waals surface area (Å²) in [6, 6.07) is 2.67. The lowest BCUT2D eigenvalue weighted by Gasteiger charge is -2.19. The van der Waals surface area contributed by atoms with Crippen LogP contribution < -0.4 is 5.32 Å². The number of hydrogen-bond acceptors (Lipinski definition) is 3. The lowest BCUT2D eigenvalue weighted by atomic mass is 9.95. The fourth-order valence-corrected chi connectivity index (χ4v) is 3.77. The van der Waals surface area contributed by atoms with Crippen molar-refractivity contribution < 1.29 is 0 Å². The van der Waals surface area contributed by atoms with Gasteiger partial charge in [0.25, 0.3) is 0 Å². The molecule has 1 aromatic rings. The molecule has 16 heavy (non-hydrogen) atoms. The monoisotopic (exact) mass is 256 g/mol. The normalized spacial score (nSPS) is 24.9. The Bertz CT molecular complexity index is 346. The number of aromatic nitrogens is 1. The highest BCUT2D eigenvalue weighted by molar-refractivity contribution is 7.99. The van der Waals surface area contributed by atoms with Gasteiger partial charge in [0.15, 0.2) is 0 Å². The van der Waals surface area contributed by atoms with E-state index in [1.54, 1.807) is 6.20 Å². The summed E-state index contributed by atoms with van der Waals surface area (Å²) in [6.07, 6.45) is 4.62. The molecule has 4 heteroatoms. The molecule has 1 fully saturated rings. The van der Waals surface area contributed by atoms with Crippen molar-refractivity contribution >= 4 is 23.4 Å². The standard InChI is InChI=1S/C12H17ClN2S/c1-2-15-12-8-16-7-10(12)5-9-3-4-14-6-11(9)13/h3-4,6,10,12,15H,2,5,7-8H2,1H3. The summed E-state index contributed by atoms with van der Waals surface area (Å²) >= 11 is 8.17. The Hall–Kier alpha value is -0.250. The quantitative estimate of drug-likeness (QED) is 0.897. The highest BCUT2D eigenvalue weighted by atomic mass is 35.5. The number of pyridine rings is 1. The Morgan fingerprint density at radius 3 is 3.19 bits per heavy atom. The number of halogens is 1. The van der Waals surface area contributed by atoms with Gasteiger partial charge in [-0.25, -0.2) is 0 Å². The molecule has 88 valence electrons. The van der Waals surface area contributed by atoms with E-state index in [2.05, 4.69) is 17.2 Å². The first kappa shape index (κ1) is 12.2. The van der Waals surface area contributed by atoms with Crippen LogP contribution in [0.4, 0.5) is 0 Å². The Kier molecular flexibility index (Phi) is 4.50. The van der Waals surface area contributed by atoms with Crippen LogP contribution in [0.3, 0.4) is 0 Å². The van der Waals surface area contributed by atoms with Gasteiger partial charge in [-0.15, -0.1) is 0 Å². The summed E-state index contributed by atoms with van der Waals surface area (Å²) < 4.78 is 0. The van der Waals surface area contributed by atoms with Crippen LogP contribution in [-0.2, 0) is 6.42 Å². The minimum absolute atomic E-state index is 0.638. The molecule has 2 nitrogen and oxygen atoms in total. The number of nitrogens with one attached hydrogen (secondary N) is 1. The average molecular weight is 257 g/mol. The van der Waals surface area contributed by atoms with Crippen molar-refractivity contribution in [3.8, 4) is 0 Å². The maximum absolute atomic E-state index is 6.14. The average Bonchev–Trinajstić information content (AvgIpc) is 2.70. The van der Waals surface area contributed by atoms with Gasteiger partial charge in [-0.3, -0.25) is 4.98 Å². The van der Waals surface area contributed by atoms with Gasteiger partial charge in [0.05, 0.1) is 5.02 Å². The molecule has 0 spiro atoms. The van der Waals surface area contributed by atoms with Crippen LogP contribution in [0.5, 0.6) is 0 Å². The van der Waals surface area contributed by atoms with E-state index in [4.69, 9.17) is 11.6 Å². The largest absolute Gasteiger partial charge is 0.313 e. The molecule has 0 saturated carbocycles. The first-order chi connectivity index (χ1) is 7.81. The first-order valence-corrected chi connectivity index (χ1v) is 7.24. The number of thioether (sulfide) groups is 1. The van der Waals surface area contributed by atoms with Crippen LogP contribution in [0.1, 0.15) is 12.5 Å². The molecule has 1 aliphatic heterocycles. The Morgan fingerprint density at radius 1 is 1.56 bits per heavy atom. The summed E-state index contributed by atoms with van der Waals surface area (Å²) in [4.78, 5) is 4.02. The molecule has 0 aromatic carbocycles. The molecule has 2 unspecified atom stereocenters. The Labute approximate surface area is 106 Å². The number of nitrogens with zero attached hydrogens (tertiary/aromatic N) is 1. The van der Waals surface area contributed by atoms with Gasteiger partial charge in [0.2, 0.25) is 0 Å². The van der Waals surface area contributed by atoms with Crippen LogP contribution in [-0.4, -0.2) is 29.1 Å². The van der Waals surface area contributed by atoms with Crippen molar-refractivity contribution in [3.05, 3.63) is 29.0 Å². The topological polar surface area (TPSA) is 24.9 Å². The van der Waals surface area contributed by atoms with Crippen LogP contribution in [0.15, 0.2) is 18.5 Å². The van der Waals surface area contributed by atoms with E-state index in [-0.39, 0.29) is 0 Å². The molecule has 1 saturated heterocycles. The zero-order chi connectivity index (χ0) is 11.4. The minimum atomic E-state index is 0.638. The van der Waals surface area contributed by atoms with Crippen molar-refractivity contribution in [3.63, 3.8) is 0 Å². The van der Waals surface area contributed by atoms with Gasteiger partial charge in [0.1, 0.15) is 0 Å². The molecule has 1 aromatic heterocycles. The van der Waals surface area contributed by atoms with Crippen molar-refractivity contribution in [2.45, 2.75) is 19.4 Å². The molecule has 0 amide bonds. The predicted molar refractivity (Wildman–Crippen MR) is 71.2 cm³/mol. The molecule has 0 aliphatic carbocycles. The molecule has 1 N–H and O–H groups in total. The van der Waals surface area contributed by atoms with E-state index in [0.29, 0.717) is 12.0 Å². The second-order valence-corrected chi connectivity index (χ2v) is 5.62. The van der Waals surface area contributed by atoms with Gasteiger partial charge < -0.3 is 5.32 Å². The summed E-state index contributed by atoms with van der Waals surface area (Å²) in [5.41, 5.74) is 1.23. The number of hydrogen-bond donors (Lipinski definition) is 1. The zero-order valence-electron chi connectivity index (χ0n) is 9.45. The smallest absolute Gasteiger partial charge is 0.0621 e. The van der Waals surface area contributed by atoms with Crippen LogP contribution >= 0.6 is 23.4 Å².